The SMILES string of the molecule is CCCCN(C)C(=O)c1ccnc(C(=O)Nc2cccc(Cl)c2Cl)c1. The Labute approximate surface area is 157 Å². The van der Waals surface area contributed by atoms with Gasteiger partial charge in [0.2, 0.25) is 0 Å². The molecule has 1 aromatic heterocycles. The van der Waals surface area contributed by atoms with Crippen molar-refractivity contribution in [2.75, 3.05) is 18.9 Å². The summed E-state index contributed by atoms with van der Waals surface area (Å²) in [5.74, 6) is -0.610. The van der Waals surface area contributed by atoms with Crippen LogP contribution in [0.1, 0.15) is 40.6 Å². The smallest absolute Gasteiger partial charge is 0.274 e. The van der Waals surface area contributed by atoms with Gasteiger partial charge in [0.25, 0.3) is 11.8 Å². The summed E-state index contributed by atoms with van der Waals surface area (Å²) in [6.07, 6.45) is 3.37. The normalized spacial score (nSPS) is 10.4. The third kappa shape index (κ3) is 4.94. The van der Waals surface area contributed by atoms with Crippen molar-refractivity contribution in [2.45, 2.75) is 19.8 Å². The number of amides is 2. The van der Waals surface area contributed by atoms with Crippen molar-refractivity contribution in [1.29, 1.82) is 0 Å². The highest BCUT2D eigenvalue weighted by molar-refractivity contribution is 6.44. The maximum absolute atomic E-state index is 12.4. The Kier molecular flexibility index (Phi) is 6.79. The second-order valence-electron chi connectivity index (χ2n) is 5.57. The van der Waals surface area contributed by atoms with Crippen molar-refractivity contribution in [3.63, 3.8) is 0 Å². The number of nitrogens with zero attached hydrogens (tertiary/aromatic N) is 2. The average molecular weight is 380 g/mol. The van der Waals surface area contributed by atoms with Crippen molar-refractivity contribution in [2.24, 2.45) is 0 Å². The summed E-state index contributed by atoms with van der Waals surface area (Å²) in [4.78, 5) is 30.5. The van der Waals surface area contributed by atoms with Crippen LogP contribution >= 0.6 is 23.2 Å². The van der Waals surface area contributed by atoms with Gasteiger partial charge in [-0.25, -0.2) is 0 Å². The van der Waals surface area contributed by atoms with Gasteiger partial charge in [-0.05, 0) is 30.7 Å². The summed E-state index contributed by atoms with van der Waals surface area (Å²) in [6, 6.07) is 8.01. The predicted octanol–water partition coefficient (Wildman–Crippen LogP) is 4.51. The van der Waals surface area contributed by atoms with E-state index in [0.717, 1.165) is 12.8 Å². The van der Waals surface area contributed by atoms with Gasteiger partial charge in [-0.1, -0.05) is 42.6 Å². The number of carbonyl (C=O) groups is 2. The van der Waals surface area contributed by atoms with E-state index in [-0.39, 0.29) is 16.6 Å². The van der Waals surface area contributed by atoms with Crippen LogP contribution in [0.4, 0.5) is 5.69 Å². The Balaban J connectivity index is 2.16. The van der Waals surface area contributed by atoms with Gasteiger partial charge >= 0.3 is 0 Å². The van der Waals surface area contributed by atoms with Gasteiger partial charge in [0.1, 0.15) is 5.69 Å². The second kappa shape index (κ2) is 8.83. The molecule has 7 heteroatoms. The molecule has 0 aliphatic rings. The topological polar surface area (TPSA) is 62.3 Å². The van der Waals surface area contributed by atoms with Gasteiger partial charge in [-0.2, -0.15) is 0 Å². The molecule has 1 heterocycles. The molecular formula is C18H19Cl2N3O2. The molecule has 0 atom stereocenters. The van der Waals surface area contributed by atoms with Crippen LogP contribution in [0.5, 0.6) is 0 Å². The number of hydrogen-bond acceptors (Lipinski definition) is 3. The fourth-order valence-electron chi connectivity index (χ4n) is 2.19. The zero-order valence-electron chi connectivity index (χ0n) is 14.1. The molecule has 0 saturated carbocycles. The Bertz CT molecular complexity index is 781. The van der Waals surface area contributed by atoms with Crippen LogP contribution in [0, 0.1) is 0 Å². The molecule has 2 aromatic rings. The zero-order chi connectivity index (χ0) is 18.4. The van der Waals surface area contributed by atoms with Gasteiger partial charge in [0.15, 0.2) is 0 Å². The molecule has 0 unspecified atom stereocenters. The molecule has 1 N–H and O–H groups in total. The lowest BCUT2D eigenvalue weighted by molar-refractivity contribution is 0.0793. The largest absolute Gasteiger partial charge is 0.342 e. The molecular weight excluding hydrogens is 361 g/mol. The zero-order valence-corrected chi connectivity index (χ0v) is 15.6. The van der Waals surface area contributed by atoms with Gasteiger partial charge in [-0.15, -0.1) is 0 Å². The molecule has 1 aromatic carbocycles. The van der Waals surface area contributed by atoms with Crippen molar-refractivity contribution < 1.29 is 9.59 Å². The Morgan fingerprint density at radius 1 is 1.24 bits per heavy atom. The molecule has 0 bridgehead atoms. The van der Waals surface area contributed by atoms with Crippen LogP contribution in [-0.2, 0) is 0 Å². The van der Waals surface area contributed by atoms with Crippen molar-refractivity contribution in [3.05, 3.63) is 57.8 Å². The standard InChI is InChI=1S/C18H19Cl2N3O2/c1-3-4-10-23(2)18(25)12-8-9-21-15(11-12)17(24)22-14-7-5-6-13(19)16(14)20/h5-9,11H,3-4,10H2,1-2H3,(H,22,24). The molecule has 25 heavy (non-hydrogen) atoms. The molecule has 2 amide bonds. The highest BCUT2D eigenvalue weighted by Gasteiger charge is 2.16. The number of halogens is 2. The molecule has 2 rings (SSSR count). The first-order valence-corrected chi connectivity index (χ1v) is 8.66. The maximum atomic E-state index is 12.4. The maximum Gasteiger partial charge on any atom is 0.274 e. The molecule has 0 radical (unpaired) electrons. The minimum Gasteiger partial charge on any atom is -0.342 e. The van der Waals surface area contributed by atoms with E-state index in [1.54, 1.807) is 36.2 Å². The number of hydrogen-bond donors (Lipinski definition) is 1. The van der Waals surface area contributed by atoms with Crippen LogP contribution in [0.15, 0.2) is 36.5 Å². The average Bonchev–Trinajstić information content (AvgIpc) is 2.62. The quantitative estimate of drug-likeness (QED) is 0.802. The van der Waals surface area contributed by atoms with E-state index in [0.29, 0.717) is 22.8 Å². The molecule has 0 spiro atoms. The first-order valence-electron chi connectivity index (χ1n) is 7.91. The lowest BCUT2D eigenvalue weighted by Gasteiger charge is -2.17. The lowest BCUT2D eigenvalue weighted by Crippen LogP contribution is -2.28. The highest BCUT2D eigenvalue weighted by atomic mass is 35.5. The highest BCUT2D eigenvalue weighted by Crippen LogP contribution is 2.29. The first kappa shape index (κ1) is 19.2. The third-order valence-corrected chi connectivity index (χ3v) is 4.45. The second-order valence-corrected chi connectivity index (χ2v) is 6.35. The number of benzene rings is 1. The monoisotopic (exact) mass is 379 g/mol. The molecule has 0 aliphatic carbocycles. The number of nitrogens with one attached hydrogen (secondary N) is 1. The van der Waals surface area contributed by atoms with E-state index in [1.165, 1.54) is 12.3 Å². The lowest BCUT2D eigenvalue weighted by atomic mass is 10.2. The first-order chi connectivity index (χ1) is 11.9. The van der Waals surface area contributed by atoms with Gasteiger partial charge in [-0.3, -0.25) is 14.6 Å². The van der Waals surface area contributed by atoms with Crippen LogP contribution in [0.25, 0.3) is 0 Å². The summed E-state index contributed by atoms with van der Waals surface area (Å²) >= 11 is 12.0. The minimum absolute atomic E-state index is 0.130. The fraction of sp³-hybridized carbons (Fsp3) is 0.278. The van der Waals surface area contributed by atoms with Crippen molar-refractivity contribution in [3.8, 4) is 0 Å². The summed E-state index contributed by atoms with van der Waals surface area (Å²) in [5.41, 5.74) is 0.930. The summed E-state index contributed by atoms with van der Waals surface area (Å²) in [7, 11) is 1.74. The number of unbranched alkanes of at least 4 members (excludes halogenated alkanes) is 1. The molecule has 0 aliphatic heterocycles. The van der Waals surface area contributed by atoms with Gasteiger partial charge in [0.05, 0.1) is 15.7 Å². The van der Waals surface area contributed by atoms with E-state index < -0.39 is 5.91 Å². The predicted molar refractivity (Wildman–Crippen MR) is 101 cm³/mol. The summed E-state index contributed by atoms with van der Waals surface area (Å²) in [5, 5.41) is 3.25. The van der Waals surface area contributed by atoms with E-state index in [1.807, 2.05) is 0 Å². The van der Waals surface area contributed by atoms with Gasteiger partial charge in [0, 0.05) is 25.4 Å². The number of pyridine rings is 1. The van der Waals surface area contributed by atoms with Crippen LogP contribution < -0.4 is 5.32 Å². The molecule has 0 fully saturated rings. The molecule has 5 nitrogen and oxygen atoms in total. The van der Waals surface area contributed by atoms with Crippen molar-refractivity contribution in [1.82, 2.24) is 9.88 Å². The Morgan fingerprint density at radius 3 is 2.72 bits per heavy atom. The van der Waals surface area contributed by atoms with E-state index >= 15 is 0 Å². The Morgan fingerprint density at radius 2 is 2.00 bits per heavy atom. The summed E-state index contributed by atoms with van der Waals surface area (Å²) in [6.45, 7) is 2.73. The van der Waals surface area contributed by atoms with Crippen LogP contribution in [-0.4, -0.2) is 35.3 Å². The number of aromatic nitrogens is 1. The Hall–Kier alpha value is -2.11. The third-order valence-electron chi connectivity index (χ3n) is 3.63. The van der Waals surface area contributed by atoms with E-state index in [4.69, 9.17) is 23.2 Å². The minimum atomic E-state index is -0.463. The van der Waals surface area contributed by atoms with Gasteiger partial charge < -0.3 is 10.2 Å². The van der Waals surface area contributed by atoms with Crippen molar-refractivity contribution >= 4 is 40.7 Å². The number of anilines is 1. The molecule has 0 saturated heterocycles. The molecule has 132 valence electrons. The van der Waals surface area contributed by atoms with Crippen LogP contribution in [0.2, 0.25) is 10.0 Å². The van der Waals surface area contributed by atoms with E-state index in [9.17, 15) is 9.59 Å². The summed E-state index contributed by atoms with van der Waals surface area (Å²) < 4.78 is 0. The number of carbonyl (C=O) groups excluding carboxylic acids is 2. The van der Waals surface area contributed by atoms with Crippen LogP contribution in [0.3, 0.4) is 0 Å². The number of rotatable bonds is 6. The van der Waals surface area contributed by atoms with E-state index in [2.05, 4.69) is 17.2 Å². The fourth-order valence-corrected chi connectivity index (χ4v) is 2.54.